The van der Waals surface area contributed by atoms with E-state index in [0.717, 1.165) is 0 Å². The largest absolute Gasteiger partial charge is 0.387 e. The molecule has 2 N–H and O–H groups in total. The van der Waals surface area contributed by atoms with Crippen molar-refractivity contribution in [2.45, 2.75) is 32.0 Å². The first-order valence-corrected chi connectivity index (χ1v) is 4.84. The van der Waals surface area contributed by atoms with Gasteiger partial charge in [-0.25, -0.2) is 0 Å². The molecule has 0 heterocycles. The van der Waals surface area contributed by atoms with Crippen LogP contribution in [0.2, 0.25) is 5.02 Å². The number of aliphatic hydroxyl groups is 2. The van der Waals surface area contributed by atoms with E-state index < -0.39 is 11.2 Å². The molecule has 1 unspecified atom stereocenters. The quantitative estimate of drug-likeness (QED) is 0.793. The monoisotopic (exact) mass is 214 g/mol. The highest BCUT2D eigenvalue weighted by molar-refractivity contribution is 6.31. The van der Waals surface area contributed by atoms with Crippen LogP contribution in [0.4, 0.5) is 0 Å². The van der Waals surface area contributed by atoms with E-state index in [2.05, 4.69) is 0 Å². The summed E-state index contributed by atoms with van der Waals surface area (Å²) in [5.41, 5.74) is -2.06. The van der Waals surface area contributed by atoms with Gasteiger partial charge in [0.15, 0.2) is 0 Å². The molecule has 0 saturated heterocycles. The lowest BCUT2D eigenvalue weighted by atomic mass is 9.81. The summed E-state index contributed by atoms with van der Waals surface area (Å²) in [5, 5.41) is 20.4. The molecule has 0 spiro atoms. The molecule has 0 aliphatic heterocycles. The zero-order chi connectivity index (χ0) is 11.0. The third kappa shape index (κ3) is 1.92. The molecule has 78 valence electrons. The molecule has 1 aromatic rings. The zero-order valence-corrected chi connectivity index (χ0v) is 9.34. The SMILES string of the molecule is CC(C)(O)C(C)(O)c1ccccc1Cl. The number of hydrogen-bond acceptors (Lipinski definition) is 2. The minimum absolute atomic E-state index is 0.458. The Hall–Kier alpha value is -0.570. The number of benzene rings is 1. The maximum Gasteiger partial charge on any atom is 0.116 e. The van der Waals surface area contributed by atoms with Crippen LogP contribution in [-0.2, 0) is 5.60 Å². The van der Waals surface area contributed by atoms with Gasteiger partial charge in [-0.15, -0.1) is 0 Å². The van der Waals surface area contributed by atoms with Crippen molar-refractivity contribution in [3.05, 3.63) is 34.9 Å². The Morgan fingerprint density at radius 3 is 2.00 bits per heavy atom. The van der Waals surface area contributed by atoms with Gasteiger partial charge in [0.25, 0.3) is 0 Å². The van der Waals surface area contributed by atoms with E-state index in [1.165, 1.54) is 0 Å². The fourth-order valence-electron chi connectivity index (χ4n) is 1.19. The summed E-state index contributed by atoms with van der Waals surface area (Å²) in [4.78, 5) is 0. The lowest BCUT2D eigenvalue weighted by Gasteiger charge is -2.36. The molecule has 0 aliphatic rings. The first-order chi connectivity index (χ1) is 6.27. The van der Waals surface area contributed by atoms with Crippen molar-refractivity contribution in [3.63, 3.8) is 0 Å². The molecule has 0 amide bonds. The Bertz CT molecular complexity index is 326. The zero-order valence-electron chi connectivity index (χ0n) is 8.58. The van der Waals surface area contributed by atoms with Crippen molar-refractivity contribution in [3.8, 4) is 0 Å². The van der Waals surface area contributed by atoms with Crippen LogP contribution in [0.3, 0.4) is 0 Å². The lowest BCUT2D eigenvalue weighted by molar-refractivity contribution is -0.125. The van der Waals surface area contributed by atoms with Gasteiger partial charge in [-0.3, -0.25) is 0 Å². The highest BCUT2D eigenvalue weighted by Gasteiger charge is 2.40. The minimum Gasteiger partial charge on any atom is -0.387 e. The standard InChI is InChI=1S/C11H15ClO2/c1-10(2,13)11(3,14)8-6-4-5-7-9(8)12/h4-7,13-14H,1-3H3. The Kier molecular flexibility index (Phi) is 2.91. The van der Waals surface area contributed by atoms with Crippen molar-refractivity contribution >= 4 is 11.6 Å². The van der Waals surface area contributed by atoms with E-state index in [4.69, 9.17) is 11.6 Å². The minimum atomic E-state index is -1.36. The van der Waals surface area contributed by atoms with Crippen molar-refractivity contribution in [1.82, 2.24) is 0 Å². The second-order valence-electron chi connectivity index (χ2n) is 4.11. The first kappa shape index (κ1) is 11.5. The molecule has 1 atom stereocenters. The molecular weight excluding hydrogens is 200 g/mol. The van der Waals surface area contributed by atoms with E-state index in [9.17, 15) is 10.2 Å². The van der Waals surface area contributed by atoms with E-state index in [1.807, 2.05) is 0 Å². The molecule has 0 bridgehead atoms. The van der Waals surface area contributed by atoms with Gasteiger partial charge < -0.3 is 10.2 Å². The second kappa shape index (κ2) is 3.54. The Balaban J connectivity index is 3.23. The fraction of sp³-hybridized carbons (Fsp3) is 0.455. The molecular formula is C11H15ClO2. The van der Waals surface area contributed by atoms with Crippen molar-refractivity contribution in [1.29, 1.82) is 0 Å². The second-order valence-corrected chi connectivity index (χ2v) is 4.52. The molecule has 0 fully saturated rings. The van der Waals surface area contributed by atoms with Crippen LogP contribution in [0, 0.1) is 0 Å². The van der Waals surface area contributed by atoms with Crippen LogP contribution >= 0.6 is 11.6 Å². The van der Waals surface area contributed by atoms with Gasteiger partial charge in [0.2, 0.25) is 0 Å². The summed E-state index contributed by atoms with van der Waals surface area (Å²) in [6.07, 6.45) is 0. The molecule has 0 saturated carbocycles. The number of halogens is 1. The Morgan fingerprint density at radius 2 is 1.57 bits per heavy atom. The average molecular weight is 215 g/mol. The summed E-state index contributed by atoms with van der Waals surface area (Å²) in [6, 6.07) is 6.96. The molecule has 3 heteroatoms. The molecule has 0 aliphatic carbocycles. The molecule has 0 aromatic heterocycles. The first-order valence-electron chi connectivity index (χ1n) is 4.46. The normalized spacial score (nSPS) is 16.4. The number of hydrogen-bond donors (Lipinski definition) is 2. The van der Waals surface area contributed by atoms with Gasteiger partial charge in [-0.1, -0.05) is 29.8 Å². The van der Waals surface area contributed by atoms with Gasteiger partial charge in [0.05, 0.1) is 5.60 Å². The molecule has 14 heavy (non-hydrogen) atoms. The predicted octanol–water partition coefficient (Wildman–Crippen LogP) is 2.32. The highest BCUT2D eigenvalue weighted by atomic mass is 35.5. The van der Waals surface area contributed by atoms with Crippen molar-refractivity contribution in [2.24, 2.45) is 0 Å². The Labute approximate surface area is 89.1 Å². The molecule has 0 radical (unpaired) electrons. The maximum atomic E-state index is 10.2. The van der Waals surface area contributed by atoms with Crippen LogP contribution < -0.4 is 0 Å². The highest BCUT2D eigenvalue weighted by Crippen LogP contribution is 2.35. The van der Waals surface area contributed by atoms with E-state index in [-0.39, 0.29) is 0 Å². The van der Waals surface area contributed by atoms with Gasteiger partial charge in [0.1, 0.15) is 5.60 Å². The van der Waals surface area contributed by atoms with Crippen molar-refractivity contribution in [2.75, 3.05) is 0 Å². The summed E-state index contributed by atoms with van der Waals surface area (Å²) >= 11 is 5.94. The summed E-state index contributed by atoms with van der Waals surface area (Å²) < 4.78 is 0. The van der Waals surface area contributed by atoms with Crippen LogP contribution in [0.5, 0.6) is 0 Å². The predicted molar refractivity (Wildman–Crippen MR) is 57.3 cm³/mol. The summed E-state index contributed by atoms with van der Waals surface area (Å²) in [7, 11) is 0. The van der Waals surface area contributed by atoms with E-state index >= 15 is 0 Å². The van der Waals surface area contributed by atoms with E-state index in [1.54, 1.807) is 45.0 Å². The topological polar surface area (TPSA) is 40.5 Å². The lowest BCUT2D eigenvalue weighted by Crippen LogP contribution is -2.45. The fourth-order valence-corrected chi connectivity index (χ4v) is 1.51. The smallest absolute Gasteiger partial charge is 0.116 e. The summed E-state index contributed by atoms with van der Waals surface area (Å²) in [5.74, 6) is 0. The van der Waals surface area contributed by atoms with Gasteiger partial charge in [-0.05, 0) is 26.8 Å². The molecule has 1 aromatic carbocycles. The molecule has 1 rings (SSSR count). The van der Waals surface area contributed by atoms with Gasteiger partial charge in [0, 0.05) is 10.6 Å². The van der Waals surface area contributed by atoms with Crippen LogP contribution in [0.1, 0.15) is 26.3 Å². The third-order valence-corrected chi connectivity index (χ3v) is 2.92. The summed E-state index contributed by atoms with van der Waals surface area (Å²) in [6.45, 7) is 4.65. The van der Waals surface area contributed by atoms with Crippen LogP contribution in [-0.4, -0.2) is 15.8 Å². The maximum absolute atomic E-state index is 10.2. The third-order valence-electron chi connectivity index (χ3n) is 2.59. The number of rotatable bonds is 2. The average Bonchev–Trinajstić information content (AvgIpc) is 2.02. The van der Waals surface area contributed by atoms with E-state index in [0.29, 0.717) is 10.6 Å². The van der Waals surface area contributed by atoms with Gasteiger partial charge in [-0.2, -0.15) is 0 Å². The Morgan fingerprint density at radius 1 is 1.07 bits per heavy atom. The van der Waals surface area contributed by atoms with Crippen molar-refractivity contribution < 1.29 is 10.2 Å². The molecule has 2 nitrogen and oxygen atoms in total. The van der Waals surface area contributed by atoms with Gasteiger partial charge >= 0.3 is 0 Å². The van der Waals surface area contributed by atoms with Crippen LogP contribution in [0.15, 0.2) is 24.3 Å². The van der Waals surface area contributed by atoms with Crippen LogP contribution in [0.25, 0.3) is 0 Å².